The Bertz CT molecular complexity index is 744. The molecule has 2 aromatic rings. The van der Waals surface area contributed by atoms with E-state index in [1.54, 1.807) is 6.20 Å². The fourth-order valence-electron chi connectivity index (χ4n) is 3.43. The van der Waals surface area contributed by atoms with Crippen LogP contribution in [0.4, 0.5) is 11.4 Å². The highest BCUT2D eigenvalue weighted by Gasteiger charge is 2.26. The van der Waals surface area contributed by atoms with Crippen molar-refractivity contribution in [2.24, 2.45) is 0 Å². The molecule has 0 saturated carbocycles. The van der Waals surface area contributed by atoms with Crippen LogP contribution in [0.1, 0.15) is 25.7 Å². The molecule has 0 unspecified atom stereocenters. The van der Waals surface area contributed by atoms with Gasteiger partial charge in [-0.15, -0.1) is 0 Å². The minimum Gasteiger partial charge on any atom is -0.312 e. The average Bonchev–Trinajstić information content (AvgIpc) is 3.23. The number of carbonyl (C=O) groups is 2. The number of carbonyl (C=O) groups excluding carboxylic acids is 2. The van der Waals surface area contributed by atoms with Crippen LogP contribution < -0.4 is 9.80 Å². The molecule has 0 N–H and O–H groups in total. The van der Waals surface area contributed by atoms with E-state index in [1.807, 2.05) is 46.2 Å². The number of pyridine rings is 1. The summed E-state index contributed by atoms with van der Waals surface area (Å²) in [4.78, 5) is 32.3. The summed E-state index contributed by atoms with van der Waals surface area (Å²) in [6, 6.07) is 11.7. The van der Waals surface area contributed by atoms with Crippen molar-refractivity contribution in [3.05, 3.63) is 42.6 Å². The summed E-state index contributed by atoms with van der Waals surface area (Å²) in [7, 11) is 0. The van der Waals surface area contributed by atoms with E-state index >= 15 is 0 Å². The molecule has 5 nitrogen and oxygen atoms in total. The molecule has 1 aromatic carbocycles. The molecule has 1 aromatic heterocycles. The van der Waals surface area contributed by atoms with E-state index in [0.717, 1.165) is 48.6 Å². The van der Waals surface area contributed by atoms with Gasteiger partial charge in [0.2, 0.25) is 11.8 Å². The Balaban J connectivity index is 1.81. The molecule has 2 amide bonds. The Labute approximate surface area is 140 Å². The molecule has 3 heterocycles. The van der Waals surface area contributed by atoms with E-state index in [4.69, 9.17) is 0 Å². The predicted molar refractivity (Wildman–Crippen MR) is 92.8 cm³/mol. The summed E-state index contributed by atoms with van der Waals surface area (Å²) in [5, 5.41) is 0. The molecule has 2 aliphatic rings. The second-order valence-electron chi connectivity index (χ2n) is 6.25. The highest BCUT2D eigenvalue weighted by molar-refractivity contribution is 5.99. The number of rotatable bonds is 3. The maximum absolute atomic E-state index is 12.1. The third-order valence-corrected chi connectivity index (χ3v) is 4.63. The zero-order chi connectivity index (χ0) is 16.5. The first-order valence-corrected chi connectivity index (χ1v) is 8.39. The van der Waals surface area contributed by atoms with Gasteiger partial charge in [0.15, 0.2) is 0 Å². The van der Waals surface area contributed by atoms with E-state index in [-0.39, 0.29) is 11.8 Å². The van der Waals surface area contributed by atoms with E-state index in [2.05, 4.69) is 4.98 Å². The summed E-state index contributed by atoms with van der Waals surface area (Å²) in [6.07, 6.45) is 4.69. The molecular formula is C19H19N3O2. The minimum absolute atomic E-state index is 0.145. The van der Waals surface area contributed by atoms with Crippen LogP contribution in [0.15, 0.2) is 42.6 Å². The predicted octanol–water partition coefficient (Wildman–Crippen LogP) is 3.00. The van der Waals surface area contributed by atoms with Crippen molar-refractivity contribution in [3.8, 4) is 11.3 Å². The minimum atomic E-state index is 0.145. The number of hydrogen-bond donors (Lipinski definition) is 0. The molecule has 2 fully saturated rings. The lowest BCUT2D eigenvalue weighted by molar-refractivity contribution is -0.117. The fourth-order valence-corrected chi connectivity index (χ4v) is 3.43. The van der Waals surface area contributed by atoms with Crippen LogP contribution in [0.2, 0.25) is 0 Å². The van der Waals surface area contributed by atoms with E-state index in [1.165, 1.54) is 0 Å². The zero-order valence-electron chi connectivity index (χ0n) is 13.4. The Morgan fingerprint density at radius 2 is 1.46 bits per heavy atom. The van der Waals surface area contributed by atoms with E-state index < -0.39 is 0 Å². The van der Waals surface area contributed by atoms with Crippen molar-refractivity contribution in [2.75, 3.05) is 22.9 Å². The molecule has 0 atom stereocenters. The first kappa shape index (κ1) is 14.9. The Hall–Kier alpha value is -2.69. The SMILES string of the molecule is O=C1CCCN1c1cc(-c2ccccn2)cc(N2CCCC2=O)c1. The number of amides is 2. The monoisotopic (exact) mass is 321 g/mol. The topological polar surface area (TPSA) is 53.5 Å². The molecule has 5 heteroatoms. The average molecular weight is 321 g/mol. The van der Waals surface area contributed by atoms with E-state index in [9.17, 15) is 9.59 Å². The number of nitrogens with zero attached hydrogens (tertiary/aromatic N) is 3. The second kappa shape index (κ2) is 6.07. The smallest absolute Gasteiger partial charge is 0.227 e. The molecule has 0 bridgehead atoms. The molecule has 24 heavy (non-hydrogen) atoms. The van der Waals surface area contributed by atoms with Gasteiger partial charge in [0.25, 0.3) is 0 Å². The van der Waals surface area contributed by atoms with E-state index in [0.29, 0.717) is 12.8 Å². The van der Waals surface area contributed by atoms with Crippen LogP contribution in [0.25, 0.3) is 11.3 Å². The normalized spacial score (nSPS) is 17.8. The van der Waals surface area contributed by atoms with Crippen molar-refractivity contribution in [2.45, 2.75) is 25.7 Å². The van der Waals surface area contributed by atoms with Crippen molar-refractivity contribution < 1.29 is 9.59 Å². The molecular weight excluding hydrogens is 302 g/mol. The molecule has 2 aliphatic heterocycles. The van der Waals surface area contributed by atoms with Gasteiger partial charge in [-0.2, -0.15) is 0 Å². The van der Waals surface area contributed by atoms with Gasteiger partial charge in [0, 0.05) is 49.1 Å². The van der Waals surface area contributed by atoms with Gasteiger partial charge in [0.1, 0.15) is 0 Å². The first-order valence-electron chi connectivity index (χ1n) is 8.39. The summed E-state index contributed by atoms with van der Waals surface area (Å²) >= 11 is 0. The Morgan fingerprint density at radius 1 is 0.833 bits per heavy atom. The largest absolute Gasteiger partial charge is 0.312 e. The zero-order valence-corrected chi connectivity index (χ0v) is 13.4. The third-order valence-electron chi connectivity index (χ3n) is 4.63. The van der Waals surface area contributed by atoms with Crippen LogP contribution in [-0.4, -0.2) is 29.9 Å². The second-order valence-corrected chi connectivity index (χ2v) is 6.25. The van der Waals surface area contributed by atoms with Gasteiger partial charge < -0.3 is 9.80 Å². The number of hydrogen-bond acceptors (Lipinski definition) is 3. The highest BCUT2D eigenvalue weighted by atomic mass is 16.2. The molecule has 4 rings (SSSR count). The van der Waals surface area contributed by atoms with Crippen LogP contribution >= 0.6 is 0 Å². The maximum Gasteiger partial charge on any atom is 0.227 e. The molecule has 0 aliphatic carbocycles. The third kappa shape index (κ3) is 2.66. The number of benzene rings is 1. The lowest BCUT2D eigenvalue weighted by Crippen LogP contribution is -2.26. The molecule has 0 radical (unpaired) electrons. The van der Waals surface area contributed by atoms with Crippen molar-refractivity contribution in [1.82, 2.24) is 4.98 Å². The van der Waals surface area contributed by atoms with Gasteiger partial charge >= 0.3 is 0 Å². The number of anilines is 2. The summed E-state index contributed by atoms with van der Waals surface area (Å²) in [5.41, 5.74) is 3.49. The fraction of sp³-hybridized carbons (Fsp3) is 0.316. The maximum atomic E-state index is 12.1. The van der Waals surface area contributed by atoms with Crippen molar-refractivity contribution in [3.63, 3.8) is 0 Å². The quantitative estimate of drug-likeness (QED) is 0.873. The van der Waals surface area contributed by atoms with Crippen LogP contribution in [0, 0.1) is 0 Å². The van der Waals surface area contributed by atoms with Gasteiger partial charge in [-0.3, -0.25) is 14.6 Å². The van der Waals surface area contributed by atoms with Crippen LogP contribution in [0.5, 0.6) is 0 Å². The van der Waals surface area contributed by atoms with Crippen molar-refractivity contribution >= 4 is 23.2 Å². The van der Waals surface area contributed by atoms with Crippen LogP contribution in [0.3, 0.4) is 0 Å². The lowest BCUT2D eigenvalue weighted by atomic mass is 10.1. The summed E-state index contributed by atoms with van der Waals surface area (Å²) in [5.74, 6) is 0.290. The molecule has 0 spiro atoms. The van der Waals surface area contributed by atoms with Crippen molar-refractivity contribution in [1.29, 1.82) is 0 Å². The van der Waals surface area contributed by atoms with Gasteiger partial charge in [0.05, 0.1) is 5.69 Å². The Morgan fingerprint density at radius 3 is 1.92 bits per heavy atom. The van der Waals surface area contributed by atoms with Gasteiger partial charge in [-0.05, 0) is 43.2 Å². The van der Waals surface area contributed by atoms with Gasteiger partial charge in [-0.25, -0.2) is 0 Å². The summed E-state index contributed by atoms with van der Waals surface area (Å²) < 4.78 is 0. The standard InChI is InChI=1S/C19H19N3O2/c23-18-6-3-9-21(18)15-11-14(17-5-1-2-8-20-17)12-16(13-15)22-10-4-7-19(22)24/h1-2,5,8,11-13H,3-4,6-7,9-10H2. The highest BCUT2D eigenvalue weighted by Crippen LogP contribution is 2.33. The number of aromatic nitrogens is 1. The summed E-state index contributed by atoms with van der Waals surface area (Å²) in [6.45, 7) is 1.47. The molecule has 122 valence electrons. The first-order chi connectivity index (χ1) is 11.7. The van der Waals surface area contributed by atoms with Crippen LogP contribution in [-0.2, 0) is 9.59 Å². The molecule has 2 saturated heterocycles. The Kier molecular flexibility index (Phi) is 3.76. The lowest BCUT2D eigenvalue weighted by Gasteiger charge is -2.22. The van der Waals surface area contributed by atoms with Gasteiger partial charge in [-0.1, -0.05) is 6.07 Å².